The van der Waals surface area contributed by atoms with E-state index in [9.17, 15) is 0 Å². The Balaban J connectivity index is 2.40. The molecule has 19 heavy (non-hydrogen) atoms. The summed E-state index contributed by atoms with van der Waals surface area (Å²) in [5.74, 6) is 0.979. The van der Waals surface area contributed by atoms with Crippen molar-refractivity contribution in [2.75, 3.05) is 14.2 Å². The van der Waals surface area contributed by atoms with Gasteiger partial charge in [-0.3, -0.25) is 0 Å². The monoisotopic (exact) mass is 255 g/mol. The Hall–Kier alpha value is -1.54. The summed E-state index contributed by atoms with van der Waals surface area (Å²) in [6, 6.07) is 11.2. The van der Waals surface area contributed by atoms with Crippen LogP contribution in [0.1, 0.15) is 37.4 Å². The summed E-state index contributed by atoms with van der Waals surface area (Å²) in [6.45, 7) is 4.67. The second kappa shape index (κ2) is 4.24. The molecule has 0 aliphatic heterocycles. The highest BCUT2D eigenvalue weighted by Gasteiger charge is 2.38. The summed E-state index contributed by atoms with van der Waals surface area (Å²) in [5, 5.41) is 5.99. The summed E-state index contributed by atoms with van der Waals surface area (Å²) in [5.41, 5.74) is 3.07. The van der Waals surface area contributed by atoms with Crippen molar-refractivity contribution in [2.24, 2.45) is 0 Å². The van der Waals surface area contributed by atoms with Crippen molar-refractivity contribution < 1.29 is 4.74 Å². The van der Waals surface area contributed by atoms with Crippen molar-refractivity contribution in [3.63, 3.8) is 0 Å². The predicted octanol–water partition coefficient (Wildman–Crippen LogP) is 3.79. The number of benzene rings is 2. The molecule has 0 bridgehead atoms. The zero-order valence-corrected chi connectivity index (χ0v) is 12.1. The second-order valence-electron chi connectivity index (χ2n) is 6.02. The molecule has 1 atom stereocenters. The third kappa shape index (κ3) is 1.74. The molecule has 0 spiro atoms. The molecule has 0 aromatic heterocycles. The van der Waals surface area contributed by atoms with Crippen molar-refractivity contribution in [1.29, 1.82) is 0 Å². The number of fused-ring (bicyclic) bond motifs is 3. The first-order valence-electron chi connectivity index (χ1n) is 6.86. The lowest BCUT2D eigenvalue weighted by Crippen LogP contribution is -2.17. The lowest BCUT2D eigenvalue weighted by atomic mass is 9.83. The van der Waals surface area contributed by atoms with Crippen molar-refractivity contribution in [3.05, 3.63) is 41.5 Å². The molecule has 2 aromatic rings. The van der Waals surface area contributed by atoms with Crippen LogP contribution in [-0.2, 0) is 5.41 Å². The first-order chi connectivity index (χ1) is 9.08. The van der Waals surface area contributed by atoms with Crippen molar-refractivity contribution in [2.45, 2.75) is 31.7 Å². The summed E-state index contributed by atoms with van der Waals surface area (Å²) in [6.07, 6.45) is 1.13. The Morgan fingerprint density at radius 1 is 1.21 bits per heavy atom. The van der Waals surface area contributed by atoms with Gasteiger partial charge >= 0.3 is 0 Å². The van der Waals surface area contributed by atoms with Gasteiger partial charge in [-0.1, -0.05) is 38.1 Å². The van der Waals surface area contributed by atoms with Crippen molar-refractivity contribution in [1.82, 2.24) is 5.32 Å². The lowest BCUT2D eigenvalue weighted by Gasteiger charge is -2.21. The first kappa shape index (κ1) is 12.5. The average Bonchev–Trinajstić information content (AvgIpc) is 2.69. The fraction of sp³-hybridized carbons (Fsp3) is 0.412. The van der Waals surface area contributed by atoms with Gasteiger partial charge in [-0.25, -0.2) is 0 Å². The fourth-order valence-electron chi connectivity index (χ4n) is 3.54. The molecule has 3 rings (SSSR count). The number of rotatable bonds is 2. The molecular weight excluding hydrogens is 234 g/mol. The Morgan fingerprint density at radius 3 is 2.53 bits per heavy atom. The summed E-state index contributed by atoms with van der Waals surface area (Å²) in [7, 11) is 3.79. The highest BCUT2D eigenvalue weighted by molar-refractivity contribution is 5.93. The van der Waals surface area contributed by atoms with E-state index in [0.717, 1.165) is 12.2 Å². The topological polar surface area (TPSA) is 21.3 Å². The van der Waals surface area contributed by atoms with E-state index in [2.05, 4.69) is 49.5 Å². The van der Waals surface area contributed by atoms with E-state index in [-0.39, 0.29) is 5.41 Å². The van der Waals surface area contributed by atoms with Gasteiger partial charge in [0.25, 0.3) is 0 Å². The Morgan fingerprint density at radius 2 is 1.89 bits per heavy atom. The van der Waals surface area contributed by atoms with E-state index >= 15 is 0 Å². The number of hydrogen-bond acceptors (Lipinski definition) is 2. The summed E-state index contributed by atoms with van der Waals surface area (Å²) < 4.78 is 5.59. The molecule has 0 amide bonds. The van der Waals surface area contributed by atoms with E-state index in [1.165, 1.54) is 21.9 Å². The SMILES string of the molecule is CNC1CC(C)(C)c2c1cc(OC)c1ccccc21. The van der Waals surface area contributed by atoms with Crippen LogP contribution in [0.4, 0.5) is 0 Å². The minimum atomic E-state index is 0.203. The fourth-order valence-corrected chi connectivity index (χ4v) is 3.54. The maximum Gasteiger partial charge on any atom is 0.127 e. The van der Waals surface area contributed by atoms with E-state index < -0.39 is 0 Å². The second-order valence-corrected chi connectivity index (χ2v) is 6.02. The third-order valence-corrected chi connectivity index (χ3v) is 4.37. The number of methoxy groups -OCH3 is 1. The minimum absolute atomic E-state index is 0.203. The normalized spacial score (nSPS) is 20.5. The standard InChI is InChI=1S/C17H21NO/c1-17(2)10-14(18-3)13-9-15(19-4)11-7-5-6-8-12(11)16(13)17/h5-9,14,18H,10H2,1-4H3. The molecule has 0 saturated heterocycles. The van der Waals surface area contributed by atoms with Gasteiger partial charge in [-0.15, -0.1) is 0 Å². The van der Waals surface area contributed by atoms with Crippen LogP contribution in [0.3, 0.4) is 0 Å². The summed E-state index contributed by atoms with van der Waals surface area (Å²) in [4.78, 5) is 0. The van der Waals surface area contributed by atoms with E-state index in [4.69, 9.17) is 4.74 Å². The molecule has 0 heterocycles. The molecule has 1 unspecified atom stereocenters. The van der Waals surface area contributed by atoms with Crippen LogP contribution in [0.2, 0.25) is 0 Å². The Kier molecular flexibility index (Phi) is 2.79. The van der Waals surface area contributed by atoms with Crippen LogP contribution in [-0.4, -0.2) is 14.2 Å². The van der Waals surface area contributed by atoms with Gasteiger partial charge in [0, 0.05) is 11.4 Å². The van der Waals surface area contributed by atoms with Gasteiger partial charge in [-0.2, -0.15) is 0 Å². The Labute approximate surface area is 114 Å². The lowest BCUT2D eigenvalue weighted by molar-refractivity contribution is 0.418. The molecule has 0 fully saturated rings. The predicted molar refractivity (Wildman–Crippen MR) is 79.9 cm³/mol. The van der Waals surface area contributed by atoms with E-state index in [1.54, 1.807) is 7.11 Å². The molecule has 0 saturated carbocycles. The largest absolute Gasteiger partial charge is 0.496 e. The molecule has 1 aliphatic carbocycles. The highest BCUT2D eigenvalue weighted by atomic mass is 16.5. The van der Waals surface area contributed by atoms with Gasteiger partial charge in [0.1, 0.15) is 5.75 Å². The van der Waals surface area contributed by atoms with Crippen molar-refractivity contribution in [3.8, 4) is 5.75 Å². The molecule has 2 nitrogen and oxygen atoms in total. The molecule has 2 heteroatoms. The van der Waals surface area contributed by atoms with Gasteiger partial charge in [-0.05, 0) is 41.5 Å². The minimum Gasteiger partial charge on any atom is -0.496 e. The molecule has 2 aromatic carbocycles. The first-order valence-corrected chi connectivity index (χ1v) is 6.86. The maximum absolute atomic E-state index is 5.59. The Bertz CT molecular complexity index is 630. The van der Waals surface area contributed by atoms with Crippen LogP contribution >= 0.6 is 0 Å². The van der Waals surface area contributed by atoms with Crippen LogP contribution in [0, 0.1) is 0 Å². The van der Waals surface area contributed by atoms with Crippen LogP contribution in [0.15, 0.2) is 30.3 Å². The zero-order valence-electron chi connectivity index (χ0n) is 12.1. The van der Waals surface area contributed by atoms with Crippen LogP contribution < -0.4 is 10.1 Å². The van der Waals surface area contributed by atoms with Gasteiger partial charge in [0.2, 0.25) is 0 Å². The maximum atomic E-state index is 5.59. The number of hydrogen-bond donors (Lipinski definition) is 1. The van der Waals surface area contributed by atoms with Gasteiger partial charge in [0.05, 0.1) is 7.11 Å². The quantitative estimate of drug-likeness (QED) is 0.881. The van der Waals surface area contributed by atoms with E-state index in [1.807, 2.05) is 7.05 Å². The van der Waals surface area contributed by atoms with E-state index in [0.29, 0.717) is 6.04 Å². The molecule has 1 N–H and O–H groups in total. The molecule has 100 valence electrons. The zero-order chi connectivity index (χ0) is 13.6. The van der Waals surface area contributed by atoms with Crippen molar-refractivity contribution >= 4 is 10.8 Å². The molecule has 1 aliphatic rings. The van der Waals surface area contributed by atoms with Crippen LogP contribution in [0.25, 0.3) is 10.8 Å². The third-order valence-electron chi connectivity index (χ3n) is 4.37. The summed E-state index contributed by atoms with van der Waals surface area (Å²) >= 11 is 0. The molecular formula is C17H21NO. The average molecular weight is 255 g/mol. The van der Waals surface area contributed by atoms with Gasteiger partial charge < -0.3 is 10.1 Å². The highest BCUT2D eigenvalue weighted by Crippen LogP contribution is 2.49. The smallest absolute Gasteiger partial charge is 0.127 e. The molecule has 0 radical (unpaired) electrons. The number of ether oxygens (including phenoxy) is 1. The number of nitrogens with one attached hydrogen (secondary N) is 1. The van der Waals surface area contributed by atoms with Gasteiger partial charge in [0.15, 0.2) is 0 Å². The van der Waals surface area contributed by atoms with Crippen LogP contribution in [0.5, 0.6) is 5.75 Å².